The summed E-state index contributed by atoms with van der Waals surface area (Å²) in [5, 5.41) is 0. The molecule has 0 atom stereocenters. The van der Waals surface area contributed by atoms with Gasteiger partial charge in [0, 0.05) is 16.6 Å². The fourth-order valence-electron chi connectivity index (χ4n) is 1.96. The van der Waals surface area contributed by atoms with Crippen LogP contribution in [0.1, 0.15) is 31.1 Å². The van der Waals surface area contributed by atoms with Gasteiger partial charge in [0.05, 0.1) is 0 Å². The smallest absolute Gasteiger partial charge is 0.265 e. The van der Waals surface area contributed by atoms with Gasteiger partial charge in [-0.2, -0.15) is 0 Å². The third kappa shape index (κ3) is 1.83. The Morgan fingerprint density at radius 3 is 2.71 bits per heavy atom. The molecule has 4 nitrogen and oxygen atoms in total. The summed E-state index contributed by atoms with van der Waals surface area (Å²) < 4.78 is 28.3. The van der Waals surface area contributed by atoms with Gasteiger partial charge in [-0.3, -0.25) is 0 Å². The molecule has 1 aromatic heterocycles. The first kappa shape index (κ1) is 11.0. The zero-order valence-corrected chi connectivity index (χ0v) is 10.5. The molecule has 1 heterocycles. The SMILES string of the molecule is O=S(=O)(Cl)c1cccc2nc(C3CCC3)oc12. The van der Waals surface area contributed by atoms with Gasteiger partial charge in [-0.15, -0.1) is 0 Å². The van der Waals surface area contributed by atoms with E-state index in [1.807, 2.05) is 0 Å². The van der Waals surface area contributed by atoms with E-state index in [0.29, 0.717) is 17.3 Å². The normalized spacial score (nSPS) is 17.2. The number of hydrogen-bond acceptors (Lipinski definition) is 4. The molecule has 0 radical (unpaired) electrons. The Bertz CT molecular complexity index is 673. The quantitative estimate of drug-likeness (QED) is 0.788. The minimum absolute atomic E-state index is 0.00487. The summed E-state index contributed by atoms with van der Waals surface area (Å²) in [4.78, 5) is 4.31. The van der Waals surface area contributed by atoms with Crippen LogP contribution >= 0.6 is 10.7 Å². The second-order valence-corrected chi connectivity index (χ2v) is 6.76. The first-order valence-electron chi connectivity index (χ1n) is 5.40. The minimum atomic E-state index is -3.79. The zero-order valence-electron chi connectivity index (χ0n) is 8.89. The van der Waals surface area contributed by atoms with E-state index in [0.717, 1.165) is 12.8 Å². The van der Waals surface area contributed by atoms with Crippen LogP contribution in [-0.2, 0) is 9.05 Å². The molecule has 2 aromatic rings. The minimum Gasteiger partial charge on any atom is -0.439 e. The predicted octanol–water partition coefficient (Wildman–Crippen LogP) is 3.02. The van der Waals surface area contributed by atoms with Crippen molar-refractivity contribution in [3.8, 4) is 0 Å². The Morgan fingerprint density at radius 1 is 1.35 bits per heavy atom. The number of fused-ring (bicyclic) bond motifs is 1. The van der Waals surface area contributed by atoms with E-state index in [9.17, 15) is 8.42 Å². The van der Waals surface area contributed by atoms with E-state index in [-0.39, 0.29) is 10.5 Å². The molecule has 3 rings (SSSR count). The third-order valence-electron chi connectivity index (χ3n) is 3.11. The van der Waals surface area contributed by atoms with Crippen molar-refractivity contribution in [2.45, 2.75) is 30.1 Å². The molecule has 1 saturated carbocycles. The van der Waals surface area contributed by atoms with Gasteiger partial charge in [0.25, 0.3) is 9.05 Å². The van der Waals surface area contributed by atoms with Crippen molar-refractivity contribution in [3.63, 3.8) is 0 Å². The van der Waals surface area contributed by atoms with Crippen molar-refractivity contribution in [2.24, 2.45) is 0 Å². The number of nitrogens with zero attached hydrogens (tertiary/aromatic N) is 1. The molecule has 6 heteroatoms. The maximum absolute atomic E-state index is 11.4. The first-order chi connectivity index (χ1) is 8.05. The van der Waals surface area contributed by atoms with Crippen LogP contribution in [0.5, 0.6) is 0 Å². The van der Waals surface area contributed by atoms with Crippen molar-refractivity contribution in [1.82, 2.24) is 4.98 Å². The topological polar surface area (TPSA) is 60.2 Å². The number of oxazole rings is 1. The van der Waals surface area contributed by atoms with Crippen molar-refractivity contribution in [1.29, 1.82) is 0 Å². The Kier molecular flexibility index (Phi) is 2.41. The van der Waals surface area contributed by atoms with Gasteiger partial charge in [-0.05, 0) is 25.0 Å². The highest BCUT2D eigenvalue weighted by molar-refractivity contribution is 8.13. The maximum Gasteiger partial charge on any atom is 0.265 e. The second-order valence-electron chi connectivity index (χ2n) is 4.22. The molecule has 0 unspecified atom stereocenters. The molecule has 0 aliphatic heterocycles. The van der Waals surface area contributed by atoms with Gasteiger partial charge in [-0.1, -0.05) is 12.5 Å². The van der Waals surface area contributed by atoms with Gasteiger partial charge >= 0.3 is 0 Å². The summed E-state index contributed by atoms with van der Waals surface area (Å²) in [6.45, 7) is 0. The van der Waals surface area contributed by atoms with E-state index in [2.05, 4.69) is 4.98 Å². The molecule has 90 valence electrons. The molecular weight excluding hydrogens is 262 g/mol. The Morgan fingerprint density at radius 2 is 2.12 bits per heavy atom. The zero-order chi connectivity index (χ0) is 12.0. The summed E-state index contributed by atoms with van der Waals surface area (Å²) in [6.07, 6.45) is 3.27. The van der Waals surface area contributed by atoms with Crippen LogP contribution in [-0.4, -0.2) is 13.4 Å². The van der Waals surface area contributed by atoms with E-state index >= 15 is 0 Å². The Hall–Kier alpha value is -1.07. The molecule has 0 bridgehead atoms. The number of hydrogen-bond donors (Lipinski definition) is 0. The highest BCUT2D eigenvalue weighted by atomic mass is 35.7. The van der Waals surface area contributed by atoms with Crippen LogP contribution in [0.15, 0.2) is 27.5 Å². The maximum atomic E-state index is 11.4. The monoisotopic (exact) mass is 271 g/mol. The Labute approximate surface area is 103 Å². The average molecular weight is 272 g/mol. The molecule has 0 saturated heterocycles. The average Bonchev–Trinajstić information content (AvgIpc) is 2.55. The van der Waals surface area contributed by atoms with Gasteiger partial charge in [0.15, 0.2) is 11.5 Å². The molecule has 0 spiro atoms. The van der Waals surface area contributed by atoms with Crippen molar-refractivity contribution < 1.29 is 12.8 Å². The van der Waals surface area contributed by atoms with Crippen molar-refractivity contribution >= 4 is 30.8 Å². The van der Waals surface area contributed by atoms with Crippen LogP contribution in [0.4, 0.5) is 0 Å². The number of rotatable bonds is 2. The lowest BCUT2D eigenvalue weighted by atomic mass is 9.85. The number of halogens is 1. The summed E-state index contributed by atoms with van der Waals surface area (Å²) in [7, 11) is 1.57. The summed E-state index contributed by atoms with van der Waals surface area (Å²) in [5.74, 6) is 0.951. The van der Waals surface area contributed by atoms with Crippen LogP contribution in [0, 0.1) is 0 Å². The predicted molar refractivity (Wildman–Crippen MR) is 63.6 cm³/mol. The summed E-state index contributed by atoms with van der Waals surface area (Å²) >= 11 is 0. The second kappa shape index (κ2) is 3.71. The molecule has 1 aliphatic carbocycles. The van der Waals surface area contributed by atoms with E-state index in [1.54, 1.807) is 12.1 Å². The van der Waals surface area contributed by atoms with E-state index in [1.165, 1.54) is 12.5 Å². The van der Waals surface area contributed by atoms with Gasteiger partial charge < -0.3 is 4.42 Å². The standard InChI is InChI=1S/C11H10ClNO3S/c12-17(14,15)9-6-2-5-8-10(9)16-11(13-8)7-3-1-4-7/h2,5-7H,1,3-4H2. The van der Waals surface area contributed by atoms with Crippen LogP contribution in [0.25, 0.3) is 11.1 Å². The molecule has 1 fully saturated rings. The third-order valence-corrected chi connectivity index (χ3v) is 4.46. The number of aromatic nitrogens is 1. The fraction of sp³-hybridized carbons (Fsp3) is 0.364. The van der Waals surface area contributed by atoms with Gasteiger partial charge in [0.1, 0.15) is 10.4 Å². The highest BCUT2D eigenvalue weighted by Crippen LogP contribution is 2.38. The highest BCUT2D eigenvalue weighted by Gasteiger charge is 2.26. The number of para-hydroxylation sites is 1. The summed E-state index contributed by atoms with van der Waals surface area (Å²) in [6, 6.07) is 4.78. The van der Waals surface area contributed by atoms with Gasteiger partial charge in [0.2, 0.25) is 0 Å². The summed E-state index contributed by atoms with van der Waals surface area (Å²) in [5.41, 5.74) is 0.818. The van der Waals surface area contributed by atoms with Crippen LogP contribution in [0.3, 0.4) is 0 Å². The van der Waals surface area contributed by atoms with Crippen molar-refractivity contribution in [2.75, 3.05) is 0 Å². The molecule has 1 aromatic carbocycles. The van der Waals surface area contributed by atoms with Crippen molar-refractivity contribution in [3.05, 3.63) is 24.1 Å². The first-order valence-corrected chi connectivity index (χ1v) is 7.71. The molecular formula is C11H10ClNO3S. The van der Waals surface area contributed by atoms with E-state index < -0.39 is 9.05 Å². The molecule has 0 N–H and O–H groups in total. The number of benzene rings is 1. The van der Waals surface area contributed by atoms with Crippen LogP contribution < -0.4 is 0 Å². The lowest BCUT2D eigenvalue weighted by Gasteiger charge is -2.21. The molecule has 1 aliphatic rings. The molecule has 0 amide bonds. The lowest BCUT2D eigenvalue weighted by Crippen LogP contribution is -2.08. The van der Waals surface area contributed by atoms with Gasteiger partial charge in [-0.25, -0.2) is 13.4 Å². The van der Waals surface area contributed by atoms with E-state index in [4.69, 9.17) is 15.1 Å². The Balaban J connectivity index is 2.21. The lowest BCUT2D eigenvalue weighted by molar-refractivity contribution is 0.343. The molecule has 17 heavy (non-hydrogen) atoms. The largest absolute Gasteiger partial charge is 0.439 e. The van der Waals surface area contributed by atoms with Crippen LogP contribution in [0.2, 0.25) is 0 Å². The fourth-order valence-corrected chi connectivity index (χ4v) is 2.94.